The lowest BCUT2D eigenvalue weighted by atomic mass is 10.0. The second-order valence-electron chi connectivity index (χ2n) is 4.72. The number of benzene rings is 1. The molecule has 6 nitrogen and oxygen atoms in total. The molecule has 106 valence electrons. The summed E-state index contributed by atoms with van der Waals surface area (Å²) in [4.78, 5) is 34.6. The molecule has 20 heavy (non-hydrogen) atoms. The molecule has 0 spiro atoms. The van der Waals surface area contributed by atoms with Gasteiger partial charge in [0.15, 0.2) is 0 Å². The molecule has 0 saturated carbocycles. The number of aryl methyl sites for hydroxylation is 2. The maximum absolute atomic E-state index is 11.9. The molecule has 0 radical (unpaired) electrons. The summed E-state index contributed by atoms with van der Waals surface area (Å²) < 4.78 is 0. The zero-order chi connectivity index (χ0) is 14.9. The molecule has 0 atom stereocenters. The highest BCUT2D eigenvalue weighted by Gasteiger charge is 2.34. The van der Waals surface area contributed by atoms with Gasteiger partial charge in [-0.15, -0.1) is 0 Å². The van der Waals surface area contributed by atoms with Gasteiger partial charge in [-0.1, -0.05) is 17.7 Å². The van der Waals surface area contributed by atoms with Crippen LogP contribution in [-0.4, -0.2) is 17.7 Å². The standard InChI is InChI=1S/C13H14ClN3O3/c1-6-3-7(2)11(9(14)4-6)15-10(18)5-8-12(19)16-17-13(8)20/h3-4,8H,5H2,1-2H3,(H,15,18)(H,16,19)(H,17,20). The SMILES string of the molecule is Cc1cc(C)c(NC(=O)CC2C(=O)NNC2=O)c(Cl)c1. The Kier molecular flexibility index (Phi) is 3.94. The molecule has 1 saturated heterocycles. The smallest absolute Gasteiger partial charge is 0.251 e. The zero-order valence-electron chi connectivity index (χ0n) is 11.0. The molecule has 0 bridgehead atoms. The molecule has 7 heteroatoms. The summed E-state index contributed by atoms with van der Waals surface area (Å²) in [6.07, 6.45) is -0.221. The van der Waals surface area contributed by atoms with Gasteiger partial charge >= 0.3 is 0 Å². The Balaban J connectivity index is 2.09. The number of halogens is 1. The van der Waals surface area contributed by atoms with Crippen LogP contribution in [-0.2, 0) is 14.4 Å². The van der Waals surface area contributed by atoms with Gasteiger partial charge in [0.05, 0.1) is 10.7 Å². The van der Waals surface area contributed by atoms with Crippen LogP contribution < -0.4 is 16.2 Å². The van der Waals surface area contributed by atoms with Gasteiger partial charge in [0, 0.05) is 6.42 Å². The van der Waals surface area contributed by atoms with Gasteiger partial charge in [0.25, 0.3) is 11.8 Å². The summed E-state index contributed by atoms with van der Waals surface area (Å²) in [6.45, 7) is 3.72. The first-order chi connectivity index (χ1) is 9.38. The van der Waals surface area contributed by atoms with Crippen LogP contribution in [0.2, 0.25) is 5.02 Å². The maximum Gasteiger partial charge on any atom is 0.251 e. The molecule has 3 amide bonds. The molecule has 1 heterocycles. The number of carbonyl (C=O) groups excluding carboxylic acids is 3. The number of rotatable bonds is 3. The molecular formula is C13H14ClN3O3. The summed E-state index contributed by atoms with van der Waals surface area (Å²) in [5.74, 6) is -2.44. The van der Waals surface area contributed by atoms with Crippen LogP contribution in [0.3, 0.4) is 0 Å². The quantitative estimate of drug-likeness (QED) is 0.729. The highest BCUT2D eigenvalue weighted by atomic mass is 35.5. The predicted octanol–water partition coefficient (Wildman–Crippen LogP) is 1.06. The summed E-state index contributed by atoms with van der Waals surface area (Å²) in [5, 5.41) is 3.07. The van der Waals surface area contributed by atoms with Crippen molar-refractivity contribution < 1.29 is 14.4 Å². The van der Waals surface area contributed by atoms with Crippen molar-refractivity contribution in [3.05, 3.63) is 28.3 Å². The van der Waals surface area contributed by atoms with Crippen LogP contribution in [0.1, 0.15) is 17.5 Å². The molecule has 3 N–H and O–H groups in total. The lowest BCUT2D eigenvalue weighted by Crippen LogP contribution is -2.28. The predicted molar refractivity (Wildman–Crippen MR) is 73.9 cm³/mol. The number of carbonyl (C=O) groups is 3. The number of hydrogen-bond donors (Lipinski definition) is 3. The van der Waals surface area contributed by atoms with Crippen LogP contribution in [0.4, 0.5) is 5.69 Å². The Bertz CT molecular complexity index is 562. The van der Waals surface area contributed by atoms with E-state index in [0.29, 0.717) is 10.7 Å². The van der Waals surface area contributed by atoms with Crippen LogP contribution in [0.25, 0.3) is 0 Å². The van der Waals surface area contributed by atoms with Crippen LogP contribution in [0, 0.1) is 19.8 Å². The Morgan fingerprint density at radius 1 is 1.25 bits per heavy atom. The second kappa shape index (κ2) is 5.50. The Morgan fingerprint density at radius 3 is 2.40 bits per heavy atom. The third-order valence-electron chi connectivity index (χ3n) is 3.03. The van der Waals surface area contributed by atoms with Crippen LogP contribution in [0.5, 0.6) is 0 Å². The van der Waals surface area contributed by atoms with Crippen LogP contribution >= 0.6 is 11.6 Å². The highest BCUT2D eigenvalue weighted by Crippen LogP contribution is 2.27. The number of hydrogen-bond acceptors (Lipinski definition) is 3. The van der Waals surface area contributed by atoms with E-state index in [9.17, 15) is 14.4 Å². The summed E-state index contributed by atoms with van der Waals surface area (Å²) in [7, 11) is 0. The average molecular weight is 296 g/mol. The van der Waals surface area contributed by atoms with E-state index in [1.165, 1.54) is 0 Å². The Morgan fingerprint density at radius 2 is 1.85 bits per heavy atom. The second-order valence-corrected chi connectivity index (χ2v) is 5.13. The van der Waals surface area contributed by atoms with Gasteiger partial charge in [-0.05, 0) is 31.0 Å². The Hall–Kier alpha value is -2.08. The lowest BCUT2D eigenvalue weighted by Gasteiger charge is -2.12. The zero-order valence-corrected chi connectivity index (χ0v) is 11.8. The largest absolute Gasteiger partial charge is 0.325 e. The van der Waals surface area contributed by atoms with E-state index >= 15 is 0 Å². The summed E-state index contributed by atoms with van der Waals surface area (Å²) in [6, 6.07) is 3.62. The van der Waals surface area contributed by atoms with Crippen molar-refractivity contribution in [2.75, 3.05) is 5.32 Å². The van der Waals surface area contributed by atoms with E-state index in [2.05, 4.69) is 16.2 Å². The molecule has 0 unspecified atom stereocenters. The van der Waals surface area contributed by atoms with E-state index in [4.69, 9.17) is 11.6 Å². The van der Waals surface area contributed by atoms with E-state index < -0.39 is 23.6 Å². The molecule has 1 fully saturated rings. The first-order valence-corrected chi connectivity index (χ1v) is 6.42. The van der Waals surface area contributed by atoms with Crippen LogP contribution in [0.15, 0.2) is 12.1 Å². The average Bonchev–Trinajstić information content (AvgIpc) is 2.65. The van der Waals surface area contributed by atoms with Gasteiger partial charge in [0.1, 0.15) is 5.92 Å². The normalized spacial score (nSPS) is 14.9. The fraction of sp³-hybridized carbons (Fsp3) is 0.308. The molecule has 0 aromatic heterocycles. The molecule has 1 aliphatic heterocycles. The number of amides is 3. The minimum absolute atomic E-state index is 0.221. The van der Waals surface area contributed by atoms with Crippen molar-refractivity contribution >= 4 is 35.0 Å². The summed E-state index contributed by atoms with van der Waals surface area (Å²) >= 11 is 6.08. The lowest BCUT2D eigenvalue weighted by molar-refractivity contribution is -0.131. The number of anilines is 1. The maximum atomic E-state index is 11.9. The molecule has 0 aliphatic carbocycles. The molecular weight excluding hydrogens is 282 g/mol. The third kappa shape index (κ3) is 2.91. The van der Waals surface area contributed by atoms with Crippen molar-refractivity contribution in [2.45, 2.75) is 20.3 Å². The minimum Gasteiger partial charge on any atom is -0.325 e. The first kappa shape index (κ1) is 14.3. The Labute approximate surface area is 120 Å². The van der Waals surface area contributed by atoms with Gasteiger partial charge in [-0.2, -0.15) is 0 Å². The van der Waals surface area contributed by atoms with Crippen molar-refractivity contribution in [1.29, 1.82) is 0 Å². The topological polar surface area (TPSA) is 87.3 Å². The van der Waals surface area contributed by atoms with E-state index in [1.807, 2.05) is 19.9 Å². The number of hydrazine groups is 1. The molecule has 1 aromatic rings. The van der Waals surface area contributed by atoms with Crippen molar-refractivity contribution in [2.24, 2.45) is 5.92 Å². The van der Waals surface area contributed by atoms with Gasteiger partial charge < -0.3 is 5.32 Å². The van der Waals surface area contributed by atoms with Gasteiger partial charge in [-0.25, -0.2) is 0 Å². The fourth-order valence-corrected chi connectivity index (χ4v) is 2.42. The fourth-order valence-electron chi connectivity index (χ4n) is 2.05. The first-order valence-electron chi connectivity index (χ1n) is 6.05. The van der Waals surface area contributed by atoms with Crippen molar-refractivity contribution in [3.8, 4) is 0 Å². The third-order valence-corrected chi connectivity index (χ3v) is 3.33. The van der Waals surface area contributed by atoms with E-state index in [-0.39, 0.29) is 6.42 Å². The van der Waals surface area contributed by atoms with Crippen molar-refractivity contribution in [1.82, 2.24) is 10.9 Å². The van der Waals surface area contributed by atoms with Gasteiger partial charge in [0.2, 0.25) is 5.91 Å². The van der Waals surface area contributed by atoms with Gasteiger partial charge in [-0.3, -0.25) is 25.2 Å². The number of nitrogens with one attached hydrogen (secondary N) is 3. The summed E-state index contributed by atoms with van der Waals surface area (Å²) in [5.41, 5.74) is 6.66. The monoisotopic (exact) mass is 295 g/mol. The molecule has 1 aromatic carbocycles. The van der Waals surface area contributed by atoms with E-state index in [1.54, 1.807) is 6.07 Å². The highest BCUT2D eigenvalue weighted by molar-refractivity contribution is 6.34. The van der Waals surface area contributed by atoms with E-state index in [0.717, 1.165) is 11.1 Å². The molecule has 1 aliphatic rings. The van der Waals surface area contributed by atoms with Crippen molar-refractivity contribution in [3.63, 3.8) is 0 Å². The molecule has 2 rings (SSSR count). The minimum atomic E-state index is -1.00.